The highest BCUT2D eigenvalue weighted by Crippen LogP contribution is 2.26. The molecule has 1 aliphatic heterocycles. The molecule has 0 saturated carbocycles. The molecule has 0 unspecified atom stereocenters. The van der Waals surface area contributed by atoms with Crippen LogP contribution in [0.5, 0.6) is 0 Å². The number of nitrogen functional groups attached to an aromatic ring is 1. The van der Waals surface area contributed by atoms with Crippen LogP contribution >= 0.6 is 23.2 Å². The second kappa shape index (κ2) is 4.96. The van der Waals surface area contributed by atoms with Gasteiger partial charge >= 0.3 is 0 Å². The van der Waals surface area contributed by atoms with Crippen LogP contribution in [0.4, 0.5) is 5.95 Å². The molecule has 2 rings (SSSR count). The van der Waals surface area contributed by atoms with Crippen molar-refractivity contribution >= 4 is 34.9 Å². The first-order valence-corrected chi connectivity index (χ1v) is 5.87. The van der Waals surface area contributed by atoms with Gasteiger partial charge in [0.15, 0.2) is 0 Å². The molecule has 94 valence electrons. The number of nitrogens with zero attached hydrogens (tertiary/aromatic N) is 4. The van der Waals surface area contributed by atoms with Crippen molar-refractivity contribution in [1.29, 1.82) is 0 Å². The van der Waals surface area contributed by atoms with E-state index in [1.54, 1.807) is 0 Å². The molecule has 0 bridgehead atoms. The molecule has 2 N–H and O–H groups in total. The Bertz CT molecular complexity index is 552. The van der Waals surface area contributed by atoms with Crippen LogP contribution in [-0.4, -0.2) is 34.7 Å². The lowest BCUT2D eigenvalue weighted by atomic mass is 10.2. The first-order valence-electron chi connectivity index (χ1n) is 5.11. The lowest BCUT2D eigenvalue weighted by Crippen LogP contribution is -2.04. The fourth-order valence-corrected chi connectivity index (χ4v) is 2.08. The van der Waals surface area contributed by atoms with E-state index in [0.717, 1.165) is 5.70 Å². The van der Waals surface area contributed by atoms with Crippen LogP contribution in [-0.2, 0) is 0 Å². The molecule has 0 atom stereocenters. The topological polar surface area (TPSA) is 67.4 Å². The second-order valence-corrected chi connectivity index (χ2v) is 4.60. The van der Waals surface area contributed by atoms with Crippen molar-refractivity contribution in [1.82, 2.24) is 14.9 Å². The molecular formula is C11H11Cl2N5. The number of rotatable bonds is 2. The van der Waals surface area contributed by atoms with Gasteiger partial charge in [-0.3, -0.25) is 0 Å². The summed E-state index contributed by atoms with van der Waals surface area (Å²) >= 11 is 12.0. The predicted octanol–water partition coefficient (Wildman–Crippen LogP) is 2.13. The maximum absolute atomic E-state index is 6.01. The Labute approximate surface area is 115 Å². The van der Waals surface area contributed by atoms with Gasteiger partial charge in [0.2, 0.25) is 5.95 Å². The molecule has 1 aromatic rings. The van der Waals surface area contributed by atoms with Gasteiger partial charge in [-0.15, -0.1) is 0 Å². The van der Waals surface area contributed by atoms with Crippen molar-refractivity contribution in [2.45, 2.75) is 0 Å². The SMILES string of the molecule is CN(C)C=C1C=CC(c2c(Cl)nc(N)nc2Cl)=N1. The number of anilines is 1. The van der Waals surface area contributed by atoms with Crippen molar-refractivity contribution in [2.24, 2.45) is 4.99 Å². The van der Waals surface area contributed by atoms with Gasteiger partial charge in [-0.1, -0.05) is 23.2 Å². The third kappa shape index (κ3) is 2.63. The number of nitrogens with two attached hydrogens (primary N) is 1. The highest BCUT2D eigenvalue weighted by molar-refractivity contribution is 6.40. The molecule has 0 amide bonds. The van der Waals surface area contributed by atoms with Crippen molar-refractivity contribution in [2.75, 3.05) is 19.8 Å². The molecule has 0 saturated heterocycles. The lowest BCUT2D eigenvalue weighted by molar-refractivity contribution is 0.559. The summed E-state index contributed by atoms with van der Waals surface area (Å²) in [5, 5.41) is 0.393. The lowest BCUT2D eigenvalue weighted by Gasteiger charge is -2.05. The Morgan fingerprint density at radius 2 is 1.78 bits per heavy atom. The van der Waals surface area contributed by atoms with E-state index in [-0.39, 0.29) is 16.3 Å². The molecule has 0 spiro atoms. The molecule has 5 nitrogen and oxygen atoms in total. The first kappa shape index (κ1) is 12.9. The Kier molecular flexibility index (Phi) is 3.54. The van der Waals surface area contributed by atoms with Crippen LogP contribution in [0.3, 0.4) is 0 Å². The number of hydrogen-bond donors (Lipinski definition) is 1. The first-order chi connectivity index (χ1) is 8.47. The average molecular weight is 284 g/mol. The minimum atomic E-state index is 0.0420. The van der Waals surface area contributed by atoms with E-state index in [2.05, 4.69) is 15.0 Å². The standard InChI is InChI=1S/C11H11Cl2N5/c1-18(2)5-6-3-4-7(15-6)8-9(12)16-11(14)17-10(8)13/h3-5H,1-2H3,(H2,14,16,17). The molecule has 0 aliphatic carbocycles. The minimum Gasteiger partial charge on any atom is -0.382 e. The quantitative estimate of drug-likeness (QED) is 0.845. The van der Waals surface area contributed by atoms with Crippen LogP contribution in [0, 0.1) is 0 Å². The highest BCUT2D eigenvalue weighted by atomic mass is 35.5. The smallest absolute Gasteiger partial charge is 0.222 e. The third-order valence-corrected chi connectivity index (χ3v) is 2.69. The zero-order chi connectivity index (χ0) is 13.3. The van der Waals surface area contributed by atoms with Crippen molar-refractivity contribution in [3.8, 4) is 0 Å². The zero-order valence-electron chi connectivity index (χ0n) is 9.85. The molecule has 1 aliphatic rings. The maximum Gasteiger partial charge on any atom is 0.222 e. The van der Waals surface area contributed by atoms with E-state index >= 15 is 0 Å². The average Bonchev–Trinajstić information content (AvgIpc) is 2.63. The predicted molar refractivity (Wildman–Crippen MR) is 73.9 cm³/mol. The van der Waals surface area contributed by atoms with Gasteiger partial charge in [-0.25, -0.2) is 15.0 Å². The fourth-order valence-electron chi connectivity index (χ4n) is 1.49. The van der Waals surface area contributed by atoms with E-state index in [1.807, 2.05) is 37.3 Å². The number of hydrogen-bond acceptors (Lipinski definition) is 5. The summed E-state index contributed by atoms with van der Waals surface area (Å²) in [6.45, 7) is 0. The van der Waals surface area contributed by atoms with Crippen molar-refractivity contribution in [3.63, 3.8) is 0 Å². The summed E-state index contributed by atoms with van der Waals surface area (Å²) < 4.78 is 0. The Balaban J connectivity index is 2.44. The molecule has 0 fully saturated rings. The number of aliphatic imine (C=N–C) groups is 1. The second-order valence-electron chi connectivity index (χ2n) is 3.89. The summed E-state index contributed by atoms with van der Waals surface area (Å²) in [6, 6.07) is 0. The number of aromatic nitrogens is 2. The molecule has 2 heterocycles. The molecule has 18 heavy (non-hydrogen) atoms. The van der Waals surface area contributed by atoms with Gasteiger partial charge in [-0.2, -0.15) is 0 Å². The largest absolute Gasteiger partial charge is 0.382 e. The van der Waals surface area contributed by atoms with Gasteiger partial charge in [0, 0.05) is 20.3 Å². The van der Waals surface area contributed by atoms with E-state index in [9.17, 15) is 0 Å². The molecular weight excluding hydrogens is 273 g/mol. The number of halogens is 2. The fraction of sp³-hybridized carbons (Fsp3) is 0.182. The molecule has 7 heteroatoms. The summed E-state index contributed by atoms with van der Waals surface area (Å²) in [4.78, 5) is 14.0. The van der Waals surface area contributed by atoms with Gasteiger partial charge in [-0.05, 0) is 12.2 Å². The maximum atomic E-state index is 6.01. The van der Waals surface area contributed by atoms with E-state index in [4.69, 9.17) is 28.9 Å². The van der Waals surface area contributed by atoms with Gasteiger partial charge in [0.25, 0.3) is 0 Å². The third-order valence-electron chi connectivity index (χ3n) is 2.15. The zero-order valence-corrected chi connectivity index (χ0v) is 11.4. The summed E-state index contributed by atoms with van der Waals surface area (Å²) in [5.41, 5.74) is 7.37. The van der Waals surface area contributed by atoms with Crippen LogP contribution in [0.2, 0.25) is 10.3 Å². The van der Waals surface area contributed by atoms with Crippen LogP contribution in [0.25, 0.3) is 0 Å². The van der Waals surface area contributed by atoms with Gasteiger partial charge in [0.05, 0.1) is 17.0 Å². The Morgan fingerprint density at radius 1 is 1.17 bits per heavy atom. The Morgan fingerprint density at radius 3 is 2.33 bits per heavy atom. The summed E-state index contributed by atoms with van der Waals surface area (Å²) in [6.07, 6.45) is 5.55. The van der Waals surface area contributed by atoms with E-state index in [0.29, 0.717) is 11.3 Å². The van der Waals surface area contributed by atoms with Crippen LogP contribution in [0.1, 0.15) is 5.56 Å². The van der Waals surface area contributed by atoms with E-state index < -0.39 is 0 Å². The van der Waals surface area contributed by atoms with Crippen LogP contribution in [0.15, 0.2) is 29.0 Å². The Hall–Kier alpha value is -1.59. The summed E-state index contributed by atoms with van der Waals surface area (Å²) in [7, 11) is 3.83. The molecule has 0 radical (unpaired) electrons. The van der Waals surface area contributed by atoms with Crippen LogP contribution < -0.4 is 5.73 Å². The van der Waals surface area contributed by atoms with Crippen molar-refractivity contribution < 1.29 is 0 Å². The number of allylic oxidation sites excluding steroid dienone is 2. The summed E-state index contributed by atoms with van der Waals surface area (Å²) in [5.74, 6) is 0.0420. The molecule has 0 aromatic carbocycles. The monoisotopic (exact) mass is 283 g/mol. The minimum absolute atomic E-state index is 0.0420. The van der Waals surface area contributed by atoms with E-state index in [1.165, 1.54) is 0 Å². The normalized spacial score (nSPS) is 16.2. The van der Waals surface area contributed by atoms with Gasteiger partial charge < -0.3 is 10.6 Å². The highest BCUT2D eigenvalue weighted by Gasteiger charge is 2.17. The van der Waals surface area contributed by atoms with Crippen molar-refractivity contribution in [3.05, 3.63) is 39.9 Å². The molecule has 1 aromatic heterocycles. The van der Waals surface area contributed by atoms with Gasteiger partial charge in [0.1, 0.15) is 10.3 Å².